The van der Waals surface area contributed by atoms with E-state index in [9.17, 15) is 22.8 Å². The minimum absolute atomic E-state index is 0.0552. The molecule has 9 nitrogen and oxygen atoms in total. The Labute approximate surface area is 200 Å². The van der Waals surface area contributed by atoms with Gasteiger partial charge < -0.3 is 15.1 Å². The van der Waals surface area contributed by atoms with E-state index in [1.54, 1.807) is 4.90 Å². The van der Waals surface area contributed by atoms with Crippen molar-refractivity contribution in [2.75, 3.05) is 25.0 Å². The molecule has 2 aromatic rings. The van der Waals surface area contributed by atoms with E-state index in [0.29, 0.717) is 30.0 Å². The first kappa shape index (κ1) is 23.6. The average molecular weight is 492 g/mol. The summed E-state index contributed by atoms with van der Waals surface area (Å²) in [6, 6.07) is 2.27. The number of alkyl halides is 3. The summed E-state index contributed by atoms with van der Waals surface area (Å²) in [6.07, 6.45) is -1.66. The number of fused-ring (bicyclic) bond motifs is 2. The number of H-pyrrole nitrogens is 1. The van der Waals surface area contributed by atoms with Crippen molar-refractivity contribution in [1.29, 1.82) is 0 Å². The molecule has 2 aromatic heterocycles. The molecule has 3 amide bonds. The standard InChI is InChI=1S/C23H28F3N7O2/c1-13-10-31-8-4-5-15(31)11-32(13)21(35)33-12-16-18(22(33,2)3)29-30-19(16)28-20(34)17-7-6-14(9-27-17)23(24,25)26/h6-7,9,13,15H,4-5,8,10-12H2,1-3H3,(H2,28,29,30,34)/t13-,15-/m0/s1. The van der Waals surface area contributed by atoms with Crippen LogP contribution in [0.4, 0.5) is 23.8 Å². The maximum atomic E-state index is 13.7. The van der Waals surface area contributed by atoms with Crippen LogP contribution < -0.4 is 5.32 Å². The van der Waals surface area contributed by atoms with Crippen LogP contribution in [0.2, 0.25) is 0 Å². The Bertz CT molecular complexity index is 1140. The van der Waals surface area contributed by atoms with Gasteiger partial charge in [0, 0.05) is 36.9 Å². The highest BCUT2D eigenvalue weighted by molar-refractivity contribution is 6.02. The summed E-state index contributed by atoms with van der Waals surface area (Å²) < 4.78 is 38.3. The Balaban J connectivity index is 1.32. The topological polar surface area (TPSA) is 97.5 Å². The number of aromatic nitrogens is 3. The number of carbonyl (C=O) groups is 2. The zero-order valence-electron chi connectivity index (χ0n) is 19.8. The second-order valence-electron chi connectivity index (χ2n) is 10.0. The third-order valence-electron chi connectivity index (χ3n) is 7.44. The minimum atomic E-state index is -4.53. The summed E-state index contributed by atoms with van der Waals surface area (Å²) in [5.41, 5.74) is -0.382. The van der Waals surface area contributed by atoms with Crippen LogP contribution in [0.5, 0.6) is 0 Å². The molecule has 0 saturated carbocycles. The first-order chi connectivity index (χ1) is 16.5. The third kappa shape index (κ3) is 4.03. The number of aromatic amines is 1. The van der Waals surface area contributed by atoms with E-state index in [1.807, 2.05) is 18.7 Å². The highest BCUT2D eigenvalue weighted by Gasteiger charge is 2.47. The molecule has 3 aliphatic heterocycles. The quantitative estimate of drug-likeness (QED) is 0.671. The number of hydrogen-bond acceptors (Lipinski definition) is 5. The monoisotopic (exact) mass is 491 g/mol. The molecule has 0 spiro atoms. The van der Waals surface area contributed by atoms with Gasteiger partial charge in [-0.3, -0.25) is 19.8 Å². The van der Waals surface area contributed by atoms with E-state index < -0.39 is 23.2 Å². The third-order valence-corrected chi connectivity index (χ3v) is 7.44. The predicted octanol–water partition coefficient (Wildman–Crippen LogP) is 3.42. The number of pyridine rings is 1. The Morgan fingerprint density at radius 3 is 2.69 bits per heavy atom. The number of amides is 3. The van der Waals surface area contributed by atoms with E-state index in [2.05, 4.69) is 32.3 Å². The van der Waals surface area contributed by atoms with E-state index in [1.165, 1.54) is 0 Å². The van der Waals surface area contributed by atoms with Crippen molar-refractivity contribution in [1.82, 2.24) is 29.9 Å². The number of nitrogens with one attached hydrogen (secondary N) is 2. The van der Waals surface area contributed by atoms with Crippen molar-refractivity contribution in [3.63, 3.8) is 0 Å². The zero-order valence-corrected chi connectivity index (χ0v) is 19.8. The number of nitrogens with zero attached hydrogens (tertiary/aromatic N) is 5. The van der Waals surface area contributed by atoms with E-state index >= 15 is 0 Å². The summed E-state index contributed by atoms with van der Waals surface area (Å²) in [5, 5.41) is 9.77. The zero-order chi connectivity index (χ0) is 25.1. The molecule has 0 aromatic carbocycles. The van der Waals surface area contributed by atoms with Gasteiger partial charge in [0.2, 0.25) is 0 Å². The summed E-state index contributed by atoms with van der Waals surface area (Å²) in [4.78, 5) is 36.1. The Hall–Kier alpha value is -3.15. The molecule has 0 aliphatic carbocycles. The maximum Gasteiger partial charge on any atom is 0.417 e. The predicted molar refractivity (Wildman–Crippen MR) is 121 cm³/mol. The van der Waals surface area contributed by atoms with Crippen molar-refractivity contribution in [2.45, 2.75) is 64.0 Å². The molecule has 5 rings (SSSR count). The van der Waals surface area contributed by atoms with Gasteiger partial charge in [-0.15, -0.1) is 0 Å². The number of urea groups is 1. The van der Waals surface area contributed by atoms with Gasteiger partial charge in [0.15, 0.2) is 5.82 Å². The summed E-state index contributed by atoms with van der Waals surface area (Å²) in [5.74, 6) is -0.440. The lowest BCUT2D eigenvalue weighted by atomic mass is 10.0. The van der Waals surface area contributed by atoms with Crippen LogP contribution in [-0.2, 0) is 18.3 Å². The molecule has 2 fully saturated rings. The largest absolute Gasteiger partial charge is 0.417 e. The lowest BCUT2D eigenvalue weighted by molar-refractivity contribution is -0.137. The Morgan fingerprint density at radius 1 is 1.23 bits per heavy atom. The van der Waals surface area contributed by atoms with Crippen molar-refractivity contribution < 1.29 is 22.8 Å². The minimum Gasteiger partial charge on any atom is -0.319 e. The molecule has 0 radical (unpaired) electrons. The van der Waals surface area contributed by atoms with Gasteiger partial charge >= 0.3 is 12.2 Å². The molecule has 0 bridgehead atoms. The fraction of sp³-hybridized carbons (Fsp3) is 0.565. The first-order valence-electron chi connectivity index (χ1n) is 11.7. The van der Waals surface area contributed by atoms with E-state index in [-0.39, 0.29) is 30.1 Å². The number of anilines is 1. The molecule has 2 saturated heterocycles. The van der Waals surface area contributed by atoms with E-state index in [4.69, 9.17) is 0 Å². The Morgan fingerprint density at radius 2 is 2.00 bits per heavy atom. The molecule has 0 unspecified atom stereocenters. The molecule has 2 N–H and O–H groups in total. The second kappa shape index (κ2) is 8.21. The molecule has 2 atom stereocenters. The summed E-state index contributed by atoms with van der Waals surface area (Å²) >= 11 is 0. The number of rotatable bonds is 2. The van der Waals surface area contributed by atoms with Crippen LogP contribution in [-0.4, -0.2) is 73.5 Å². The highest BCUT2D eigenvalue weighted by atomic mass is 19.4. The van der Waals surface area contributed by atoms with Crippen LogP contribution >= 0.6 is 0 Å². The summed E-state index contributed by atoms with van der Waals surface area (Å²) in [7, 11) is 0. The van der Waals surface area contributed by atoms with Crippen LogP contribution in [0.15, 0.2) is 18.3 Å². The molecule has 12 heteroatoms. The molecular weight excluding hydrogens is 463 g/mol. The Kier molecular flexibility index (Phi) is 5.53. The van der Waals surface area contributed by atoms with Gasteiger partial charge in [-0.2, -0.15) is 18.3 Å². The molecule has 35 heavy (non-hydrogen) atoms. The van der Waals surface area contributed by atoms with Crippen molar-refractivity contribution >= 4 is 17.8 Å². The van der Waals surface area contributed by atoms with Crippen LogP contribution in [0.25, 0.3) is 0 Å². The molecule has 5 heterocycles. The lowest BCUT2D eigenvalue weighted by Gasteiger charge is -2.45. The van der Waals surface area contributed by atoms with Crippen molar-refractivity contribution in [2.24, 2.45) is 0 Å². The average Bonchev–Trinajstić information content (AvgIpc) is 3.48. The summed E-state index contributed by atoms with van der Waals surface area (Å²) in [6.45, 7) is 8.81. The highest BCUT2D eigenvalue weighted by Crippen LogP contribution is 2.42. The molecule has 3 aliphatic rings. The van der Waals surface area contributed by atoms with Gasteiger partial charge in [-0.05, 0) is 52.3 Å². The van der Waals surface area contributed by atoms with Gasteiger partial charge in [0.25, 0.3) is 5.91 Å². The maximum absolute atomic E-state index is 13.7. The van der Waals surface area contributed by atoms with Gasteiger partial charge in [0.05, 0.1) is 23.3 Å². The molecule has 188 valence electrons. The van der Waals surface area contributed by atoms with Gasteiger partial charge in [-0.1, -0.05) is 0 Å². The fourth-order valence-corrected chi connectivity index (χ4v) is 5.40. The number of hydrogen-bond donors (Lipinski definition) is 2. The first-order valence-corrected chi connectivity index (χ1v) is 11.7. The van der Waals surface area contributed by atoms with Crippen molar-refractivity contribution in [3.8, 4) is 0 Å². The van der Waals surface area contributed by atoms with E-state index in [0.717, 1.165) is 38.1 Å². The second-order valence-corrected chi connectivity index (χ2v) is 10.0. The fourth-order valence-electron chi connectivity index (χ4n) is 5.40. The number of piperazine rings is 1. The normalized spacial score (nSPS) is 23.8. The molecular formula is C23H28F3N7O2. The SMILES string of the molecule is C[C@H]1CN2CCC[C@H]2CN1C(=O)N1Cc2c(NC(=O)c3ccc(C(F)(F)F)cn3)n[nH]c2C1(C)C. The van der Waals surface area contributed by atoms with Crippen LogP contribution in [0, 0.1) is 0 Å². The van der Waals surface area contributed by atoms with Crippen molar-refractivity contribution in [3.05, 3.63) is 40.8 Å². The van der Waals surface area contributed by atoms with Crippen LogP contribution in [0.1, 0.15) is 60.9 Å². The van der Waals surface area contributed by atoms with Gasteiger partial charge in [0.1, 0.15) is 5.69 Å². The number of halogens is 3. The van der Waals surface area contributed by atoms with Gasteiger partial charge in [-0.25, -0.2) is 4.79 Å². The smallest absolute Gasteiger partial charge is 0.319 e. The van der Waals surface area contributed by atoms with Crippen LogP contribution in [0.3, 0.4) is 0 Å². The lowest BCUT2D eigenvalue weighted by Crippen LogP contribution is -2.60. The number of carbonyl (C=O) groups excluding carboxylic acids is 2.